The van der Waals surface area contributed by atoms with Crippen LogP contribution in [0.1, 0.15) is 41.2 Å². The summed E-state index contributed by atoms with van der Waals surface area (Å²) in [5, 5.41) is 6.84. The van der Waals surface area contributed by atoms with Gasteiger partial charge in [-0.25, -0.2) is 4.98 Å². The molecule has 0 fully saturated rings. The van der Waals surface area contributed by atoms with E-state index in [0.717, 1.165) is 20.8 Å². The Hall–Kier alpha value is -2.73. The van der Waals surface area contributed by atoms with Crippen molar-refractivity contribution in [3.63, 3.8) is 0 Å². The van der Waals surface area contributed by atoms with Crippen LogP contribution in [0.3, 0.4) is 0 Å². The number of hydrogen-bond donors (Lipinski definition) is 2. The molecule has 0 radical (unpaired) electrons. The third-order valence-electron chi connectivity index (χ3n) is 4.48. The first-order valence-electron chi connectivity index (χ1n) is 9.38. The molecule has 0 saturated carbocycles. The molecule has 0 aliphatic heterocycles. The zero-order chi connectivity index (χ0) is 20.3. The Kier molecular flexibility index (Phi) is 6.09. The molecule has 1 heterocycles. The van der Waals surface area contributed by atoms with Gasteiger partial charge in [0, 0.05) is 11.3 Å². The van der Waals surface area contributed by atoms with Gasteiger partial charge in [-0.2, -0.15) is 0 Å². The monoisotopic (exact) mass is 395 g/mol. The number of benzene rings is 2. The quantitative estimate of drug-likeness (QED) is 0.636. The normalized spacial score (nSPS) is 12.2. The maximum atomic E-state index is 12.9. The fourth-order valence-corrected chi connectivity index (χ4v) is 3.98. The number of carbonyl (C=O) groups is 2. The number of aromatic nitrogens is 1. The molecule has 2 amide bonds. The van der Waals surface area contributed by atoms with Crippen molar-refractivity contribution < 1.29 is 9.59 Å². The van der Waals surface area contributed by atoms with Crippen LogP contribution in [-0.2, 0) is 4.79 Å². The topological polar surface area (TPSA) is 71.1 Å². The van der Waals surface area contributed by atoms with Crippen LogP contribution >= 0.6 is 11.3 Å². The number of nitrogens with one attached hydrogen (secondary N) is 2. The van der Waals surface area contributed by atoms with E-state index >= 15 is 0 Å². The molecule has 3 rings (SSSR count). The lowest BCUT2D eigenvalue weighted by molar-refractivity contribution is -0.118. The molecule has 1 aromatic heterocycles. The van der Waals surface area contributed by atoms with Crippen LogP contribution in [0, 0.1) is 19.8 Å². The number of aryl methyl sites for hydroxylation is 2. The van der Waals surface area contributed by atoms with Gasteiger partial charge in [-0.3, -0.25) is 9.59 Å². The van der Waals surface area contributed by atoms with Gasteiger partial charge in [-0.15, -0.1) is 11.3 Å². The maximum Gasteiger partial charge on any atom is 0.252 e. The Morgan fingerprint density at radius 3 is 2.57 bits per heavy atom. The van der Waals surface area contributed by atoms with Crippen LogP contribution in [0.5, 0.6) is 0 Å². The fourth-order valence-electron chi connectivity index (χ4n) is 3.11. The molecule has 5 nitrogen and oxygen atoms in total. The van der Waals surface area contributed by atoms with Gasteiger partial charge in [-0.1, -0.05) is 32.0 Å². The molecule has 0 saturated heterocycles. The summed E-state index contributed by atoms with van der Waals surface area (Å²) >= 11 is 1.59. The summed E-state index contributed by atoms with van der Waals surface area (Å²) in [4.78, 5) is 30.0. The van der Waals surface area contributed by atoms with Gasteiger partial charge in [0.2, 0.25) is 5.91 Å². The van der Waals surface area contributed by atoms with Crippen LogP contribution in [0.2, 0.25) is 0 Å². The summed E-state index contributed by atoms with van der Waals surface area (Å²) < 4.78 is 1.03. The second-order valence-corrected chi connectivity index (χ2v) is 8.61. The zero-order valence-electron chi connectivity index (χ0n) is 16.6. The average Bonchev–Trinajstić information content (AvgIpc) is 3.00. The lowest BCUT2D eigenvalue weighted by Gasteiger charge is -2.20. The minimum atomic E-state index is -0.606. The lowest BCUT2D eigenvalue weighted by Crippen LogP contribution is -2.44. The van der Waals surface area contributed by atoms with E-state index in [0.29, 0.717) is 17.7 Å². The second kappa shape index (κ2) is 8.52. The number of anilines is 1. The van der Waals surface area contributed by atoms with Gasteiger partial charge in [0.25, 0.3) is 5.91 Å². The molecule has 0 bridgehead atoms. The highest BCUT2D eigenvalue weighted by Gasteiger charge is 2.23. The summed E-state index contributed by atoms with van der Waals surface area (Å²) in [6.45, 7) is 7.92. The SMILES string of the molecule is Cc1nc2ccc(NC(=O)C(CC(C)C)NC(=O)c3ccccc3C)cc2s1. The summed E-state index contributed by atoms with van der Waals surface area (Å²) in [7, 11) is 0. The predicted molar refractivity (Wildman–Crippen MR) is 115 cm³/mol. The van der Waals surface area contributed by atoms with Crippen molar-refractivity contribution in [2.45, 2.75) is 40.2 Å². The van der Waals surface area contributed by atoms with Gasteiger partial charge >= 0.3 is 0 Å². The van der Waals surface area contributed by atoms with Crippen molar-refractivity contribution in [1.82, 2.24) is 10.3 Å². The Balaban J connectivity index is 1.76. The largest absolute Gasteiger partial charge is 0.340 e. The highest BCUT2D eigenvalue weighted by Crippen LogP contribution is 2.25. The van der Waals surface area contributed by atoms with Crippen molar-refractivity contribution in [3.8, 4) is 0 Å². The number of rotatable bonds is 6. The molecule has 0 aliphatic carbocycles. The number of fused-ring (bicyclic) bond motifs is 1. The molecule has 0 aliphatic rings. The molecule has 1 atom stereocenters. The van der Waals surface area contributed by atoms with Crippen molar-refractivity contribution in [2.24, 2.45) is 5.92 Å². The van der Waals surface area contributed by atoms with Gasteiger partial charge < -0.3 is 10.6 Å². The summed E-state index contributed by atoms with van der Waals surface area (Å²) in [5.41, 5.74) is 3.10. The third kappa shape index (κ3) is 4.75. The number of carbonyl (C=O) groups excluding carboxylic acids is 2. The van der Waals surface area contributed by atoms with Gasteiger partial charge in [0.05, 0.1) is 15.2 Å². The highest BCUT2D eigenvalue weighted by molar-refractivity contribution is 7.18. The lowest BCUT2D eigenvalue weighted by atomic mass is 10.0. The molecule has 0 spiro atoms. The smallest absolute Gasteiger partial charge is 0.252 e. The second-order valence-electron chi connectivity index (χ2n) is 7.38. The van der Waals surface area contributed by atoms with Crippen molar-refractivity contribution in [1.29, 1.82) is 0 Å². The summed E-state index contributed by atoms with van der Waals surface area (Å²) in [5.74, 6) is -0.178. The van der Waals surface area contributed by atoms with E-state index in [1.54, 1.807) is 17.4 Å². The maximum absolute atomic E-state index is 12.9. The number of nitrogens with zero attached hydrogens (tertiary/aromatic N) is 1. The van der Waals surface area contributed by atoms with E-state index in [-0.39, 0.29) is 17.7 Å². The molecule has 2 N–H and O–H groups in total. The van der Waals surface area contributed by atoms with Crippen LogP contribution in [-0.4, -0.2) is 22.8 Å². The minimum Gasteiger partial charge on any atom is -0.340 e. The Bertz CT molecular complexity index is 1010. The van der Waals surface area contributed by atoms with E-state index in [9.17, 15) is 9.59 Å². The molecule has 2 aromatic carbocycles. The number of amides is 2. The third-order valence-corrected chi connectivity index (χ3v) is 5.42. The predicted octanol–water partition coefficient (Wildman–Crippen LogP) is 4.70. The summed E-state index contributed by atoms with van der Waals surface area (Å²) in [6, 6.07) is 12.4. The molecule has 3 aromatic rings. The van der Waals surface area contributed by atoms with Gasteiger partial charge in [-0.05, 0) is 56.0 Å². The van der Waals surface area contributed by atoms with E-state index < -0.39 is 6.04 Å². The highest BCUT2D eigenvalue weighted by atomic mass is 32.1. The van der Waals surface area contributed by atoms with E-state index in [1.807, 2.05) is 64.1 Å². The summed E-state index contributed by atoms with van der Waals surface area (Å²) in [6.07, 6.45) is 0.561. The first kappa shape index (κ1) is 20.0. The van der Waals surface area contributed by atoms with E-state index in [4.69, 9.17) is 0 Å². The van der Waals surface area contributed by atoms with Crippen LogP contribution in [0.25, 0.3) is 10.2 Å². The molecule has 28 heavy (non-hydrogen) atoms. The van der Waals surface area contributed by atoms with Crippen molar-refractivity contribution in [3.05, 3.63) is 58.6 Å². The number of thiazole rings is 1. The van der Waals surface area contributed by atoms with Crippen LogP contribution < -0.4 is 10.6 Å². The molecule has 6 heteroatoms. The van der Waals surface area contributed by atoms with Crippen LogP contribution in [0.15, 0.2) is 42.5 Å². The molecule has 1 unspecified atom stereocenters. The van der Waals surface area contributed by atoms with Crippen molar-refractivity contribution in [2.75, 3.05) is 5.32 Å². The first-order chi connectivity index (χ1) is 13.3. The van der Waals surface area contributed by atoms with Crippen LogP contribution in [0.4, 0.5) is 5.69 Å². The van der Waals surface area contributed by atoms with E-state index in [2.05, 4.69) is 15.6 Å². The Morgan fingerprint density at radius 2 is 1.86 bits per heavy atom. The Labute approximate surface area is 169 Å². The number of hydrogen-bond acceptors (Lipinski definition) is 4. The molecular formula is C22H25N3O2S. The average molecular weight is 396 g/mol. The fraction of sp³-hybridized carbons (Fsp3) is 0.318. The minimum absolute atomic E-state index is 0.212. The van der Waals surface area contributed by atoms with Gasteiger partial charge in [0.1, 0.15) is 6.04 Å². The van der Waals surface area contributed by atoms with E-state index in [1.165, 1.54) is 0 Å². The van der Waals surface area contributed by atoms with Gasteiger partial charge in [0.15, 0.2) is 0 Å². The standard InChI is InChI=1S/C22H25N3O2S/c1-13(2)11-19(25-21(26)17-8-6-5-7-14(17)3)22(27)24-16-9-10-18-20(12-16)28-15(4)23-18/h5-10,12-13,19H,11H2,1-4H3,(H,24,27)(H,25,26). The molecule has 146 valence electrons. The van der Waals surface area contributed by atoms with Crippen molar-refractivity contribution >= 4 is 39.1 Å². The molecular weight excluding hydrogens is 370 g/mol. The Morgan fingerprint density at radius 1 is 1.11 bits per heavy atom. The first-order valence-corrected chi connectivity index (χ1v) is 10.2. The zero-order valence-corrected chi connectivity index (χ0v) is 17.4.